The fourth-order valence-corrected chi connectivity index (χ4v) is 1.08. The summed E-state index contributed by atoms with van der Waals surface area (Å²) in [6.45, 7) is 2.38. The largest absolute Gasteiger partial charge is 0.501 e. The Kier molecular flexibility index (Phi) is 5.43. The van der Waals surface area contributed by atoms with Crippen LogP contribution in [-0.4, -0.2) is 19.6 Å². The Hall–Kier alpha value is -2.17. The number of rotatable bonds is 6. The Labute approximate surface area is 100 Å². The number of carbonyl (C=O) groups is 1. The van der Waals surface area contributed by atoms with Gasteiger partial charge in [0, 0.05) is 12.1 Å². The van der Waals surface area contributed by atoms with Crippen molar-refractivity contribution in [3.63, 3.8) is 0 Å². The van der Waals surface area contributed by atoms with Crippen molar-refractivity contribution in [1.29, 1.82) is 0 Å². The number of hydrazine groups is 1. The van der Waals surface area contributed by atoms with E-state index in [1.807, 2.05) is 25.1 Å². The summed E-state index contributed by atoms with van der Waals surface area (Å²) >= 11 is 0. The number of anilines is 1. The Morgan fingerprint density at radius 1 is 1.47 bits per heavy atom. The summed E-state index contributed by atoms with van der Waals surface area (Å²) < 4.78 is 9.96. The van der Waals surface area contributed by atoms with Crippen molar-refractivity contribution in [3.8, 4) is 5.75 Å². The van der Waals surface area contributed by atoms with Gasteiger partial charge in [0.2, 0.25) is 0 Å². The number of hydrogen-bond donors (Lipinski definition) is 2. The van der Waals surface area contributed by atoms with Gasteiger partial charge in [-0.2, -0.15) is 0 Å². The van der Waals surface area contributed by atoms with Gasteiger partial charge in [-0.25, -0.2) is 0 Å². The van der Waals surface area contributed by atoms with E-state index in [9.17, 15) is 4.79 Å². The van der Waals surface area contributed by atoms with E-state index >= 15 is 0 Å². The van der Waals surface area contributed by atoms with E-state index in [1.165, 1.54) is 12.3 Å². The third-order valence-corrected chi connectivity index (χ3v) is 1.88. The molecule has 0 aromatic heterocycles. The lowest BCUT2D eigenvalue weighted by Crippen LogP contribution is -2.27. The summed E-state index contributed by atoms with van der Waals surface area (Å²) in [5, 5.41) is 0. The van der Waals surface area contributed by atoms with Crippen molar-refractivity contribution in [3.05, 3.63) is 36.6 Å². The van der Waals surface area contributed by atoms with Gasteiger partial charge < -0.3 is 9.47 Å². The number of ether oxygens (including phenoxy) is 2. The lowest BCUT2D eigenvalue weighted by molar-refractivity contribution is -0.116. The summed E-state index contributed by atoms with van der Waals surface area (Å²) in [5.74, 6) is 0.426. The van der Waals surface area contributed by atoms with Gasteiger partial charge >= 0.3 is 0 Å². The lowest BCUT2D eigenvalue weighted by atomic mass is 10.3. The van der Waals surface area contributed by atoms with Gasteiger partial charge in [0.25, 0.3) is 5.91 Å². The van der Waals surface area contributed by atoms with Crippen LogP contribution in [0.1, 0.15) is 6.92 Å². The first kappa shape index (κ1) is 12.9. The molecular formula is C12H16N2O3. The third-order valence-electron chi connectivity index (χ3n) is 1.88. The zero-order chi connectivity index (χ0) is 12.5. The molecule has 1 aromatic carbocycles. The van der Waals surface area contributed by atoms with Gasteiger partial charge in [0.15, 0.2) is 0 Å². The highest BCUT2D eigenvalue weighted by Crippen LogP contribution is 2.15. The van der Waals surface area contributed by atoms with Crippen LogP contribution < -0.4 is 15.6 Å². The van der Waals surface area contributed by atoms with Crippen molar-refractivity contribution in [2.45, 2.75) is 6.92 Å². The van der Waals surface area contributed by atoms with Crippen LogP contribution in [0.25, 0.3) is 0 Å². The zero-order valence-electron chi connectivity index (χ0n) is 9.90. The van der Waals surface area contributed by atoms with E-state index in [0.29, 0.717) is 12.4 Å². The fourth-order valence-electron chi connectivity index (χ4n) is 1.08. The maximum atomic E-state index is 11.3. The number of nitrogens with one attached hydrogen (secondary N) is 2. The van der Waals surface area contributed by atoms with Crippen molar-refractivity contribution >= 4 is 11.6 Å². The molecule has 0 saturated carbocycles. The zero-order valence-corrected chi connectivity index (χ0v) is 9.90. The summed E-state index contributed by atoms with van der Waals surface area (Å²) in [6.07, 6.45) is 2.65. The highest BCUT2D eigenvalue weighted by atomic mass is 16.5. The molecule has 0 aliphatic heterocycles. The topological polar surface area (TPSA) is 59.6 Å². The van der Waals surface area contributed by atoms with Gasteiger partial charge in [-0.1, -0.05) is 6.07 Å². The van der Waals surface area contributed by atoms with Crippen LogP contribution in [0.4, 0.5) is 5.69 Å². The molecule has 2 N–H and O–H groups in total. The standard InChI is InChI=1S/C12H16N2O3/c1-3-17-8-7-12(15)14-13-10-5-4-6-11(9-10)16-2/h4-9,13H,3H2,1-2H3,(H,14,15)/b8-7+. The summed E-state index contributed by atoms with van der Waals surface area (Å²) in [5.41, 5.74) is 6.00. The molecule has 1 amide bonds. The molecule has 0 heterocycles. The van der Waals surface area contributed by atoms with Crippen molar-refractivity contribution in [2.24, 2.45) is 0 Å². The third kappa shape index (κ3) is 4.92. The molecule has 1 rings (SSSR count). The molecule has 0 fully saturated rings. The lowest BCUT2D eigenvalue weighted by Gasteiger charge is -2.07. The molecular weight excluding hydrogens is 220 g/mol. The normalized spacial score (nSPS) is 10.0. The van der Waals surface area contributed by atoms with Crippen molar-refractivity contribution in [1.82, 2.24) is 5.43 Å². The monoisotopic (exact) mass is 236 g/mol. The van der Waals surface area contributed by atoms with Crippen LogP contribution in [-0.2, 0) is 9.53 Å². The highest BCUT2D eigenvalue weighted by Gasteiger charge is 1.97. The summed E-state index contributed by atoms with van der Waals surface area (Å²) in [7, 11) is 1.59. The van der Waals surface area contributed by atoms with Gasteiger partial charge in [-0.3, -0.25) is 15.6 Å². The molecule has 0 saturated heterocycles. The molecule has 0 atom stereocenters. The SMILES string of the molecule is CCO/C=C/C(=O)NNc1cccc(OC)c1. The molecule has 0 radical (unpaired) electrons. The molecule has 0 aliphatic carbocycles. The molecule has 17 heavy (non-hydrogen) atoms. The molecule has 0 unspecified atom stereocenters. The number of hydrogen-bond acceptors (Lipinski definition) is 4. The van der Waals surface area contributed by atoms with E-state index in [2.05, 4.69) is 10.9 Å². The maximum absolute atomic E-state index is 11.3. The van der Waals surface area contributed by atoms with Crippen LogP contribution in [0.15, 0.2) is 36.6 Å². The molecule has 0 bridgehead atoms. The van der Waals surface area contributed by atoms with Gasteiger partial charge in [-0.05, 0) is 19.1 Å². The average Bonchev–Trinajstić information content (AvgIpc) is 2.37. The first-order chi connectivity index (χ1) is 8.26. The van der Waals surface area contributed by atoms with Crippen molar-refractivity contribution < 1.29 is 14.3 Å². The van der Waals surface area contributed by atoms with E-state index < -0.39 is 0 Å². The Morgan fingerprint density at radius 3 is 3.00 bits per heavy atom. The van der Waals surface area contributed by atoms with Gasteiger partial charge in [0.1, 0.15) is 5.75 Å². The van der Waals surface area contributed by atoms with E-state index in [0.717, 1.165) is 5.69 Å². The quantitative estimate of drug-likeness (QED) is 0.448. The summed E-state index contributed by atoms with van der Waals surface area (Å²) in [6, 6.07) is 7.23. The molecule has 92 valence electrons. The maximum Gasteiger partial charge on any atom is 0.265 e. The first-order valence-electron chi connectivity index (χ1n) is 5.24. The second kappa shape index (κ2) is 7.16. The van der Waals surface area contributed by atoms with Gasteiger partial charge in [0.05, 0.1) is 25.7 Å². The van der Waals surface area contributed by atoms with Gasteiger partial charge in [-0.15, -0.1) is 0 Å². The predicted molar refractivity (Wildman–Crippen MR) is 65.5 cm³/mol. The predicted octanol–water partition coefficient (Wildman–Crippen LogP) is 1.69. The molecule has 5 nitrogen and oxygen atoms in total. The molecule has 0 spiro atoms. The Morgan fingerprint density at radius 2 is 2.29 bits per heavy atom. The van der Waals surface area contributed by atoms with Crippen LogP contribution in [0.5, 0.6) is 5.75 Å². The summed E-state index contributed by atoms with van der Waals surface area (Å²) in [4.78, 5) is 11.3. The fraction of sp³-hybridized carbons (Fsp3) is 0.250. The minimum absolute atomic E-state index is 0.290. The van der Waals surface area contributed by atoms with E-state index in [4.69, 9.17) is 9.47 Å². The molecule has 1 aromatic rings. The second-order valence-corrected chi connectivity index (χ2v) is 3.10. The van der Waals surface area contributed by atoms with Crippen LogP contribution in [0.2, 0.25) is 0 Å². The number of amides is 1. The second-order valence-electron chi connectivity index (χ2n) is 3.10. The minimum atomic E-state index is -0.290. The number of benzene rings is 1. The number of carbonyl (C=O) groups excluding carboxylic acids is 1. The number of methoxy groups -OCH3 is 1. The highest BCUT2D eigenvalue weighted by molar-refractivity contribution is 5.88. The van der Waals surface area contributed by atoms with Crippen LogP contribution in [0.3, 0.4) is 0 Å². The van der Waals surface area contributed by atoms with Crippen LogP contribution in [0, 0.1) is 0 Å². The minimum Gasteiger partial charge on any atom is -0.501 e. The van der Waals surface area contributed by atoms with Crippen LogP contribution >= 0.6 is 0 Å². The molecule has 5 heteroatoms. The Balaban J connectivity index is 2.41. The smallest absolute Gasteiger partial charge is 0.265 e. The van der Waals surface area contributed by atoms with E-state index in [1.54, 1.807) is 13.2 Å². The molecule has 0 aliphatic rings. The van der Waals surface area contributed by atoms with E-state index in [-0.39, 0.29) is 5.91 Å². The Bertz CT molecular complexity index is 391. The first-order valence-corrected chi connectivity index (χ1v) is 5.24. The average molecular weight is 236 g/mol. The van der Waals surface area contributed by atoms with Crippen molar-refractivity contribution in [2.75, 3.05) is 19.1 Å².